The third-order valence-corrected chi connectivity index (χ3v) is 2.61. The number of hydrogen-bond acceptors (Lipinski definition) is 3. The molecular formula is C8H16N2O. The van der Waals surface area contributed by atoms with Gasteiger partial charge in [0.2, 0.25) is 0 Å². The minimum absolute atomic E-state index is 0.791. The molecule has 0 unspecified atom stereocenters. The Balaban J connectivity index is 1.82. The molecule has 0 aromatic carbocycles. The van der Waals surface area contributed by atoms with Gasteiger partial charge in [0, 0.05) is 12.6 Å². The highest BCUT2D eigenvalue weighted by Crippen LogP contribution is 2.13. The number of nitrogens with zero attached hydrogens (tertiary/aromatic N) is 1. The van der Waals surface area contributed by atoms with Gasteiger partial charge in [-0.15, -0.1) is 0 Å². The van der Waals surface area contributed by atoms with Crippen molar-refractivity contribution in [2.75, 3.05) is 33.0 Å². The van der Waals surface area contributed by atoms with Crippen LogP contribution in [0.1, 0.15) is 12.8 Å². The first-order chi connectivity index (χ1) is 5.47. The zero-order valence-electron chi connectivity index (χ0n) is 6.88. The van der Waals surface area contributed by atoms with Gasteiger partial charge in [0.1, 0.15) is 0 Å². The van der Waals surface area contributed by atoms with Crippen molar-refractivity contribution in [3.63, 3.8) is 0 Å². The Labute approximate surface area is 67.7 Å². The molecule has 0 saturated carbocycles. The van der Waals surface area contributed by atoms with Gasteiger partial charge in [0.15, 0.2) is 0 Å². The van der Waals surface area contributed by atoms with Crippen LogP contribution >= 0.6 is 0 Å². The van der Waals surface area contributed by atoms with E-state index in [2.05, 4.69) is 10.2 Å². The topological polar surface area (TPSA) is 24.5 Å². The summed E-state index contributed by atoms with van der Waals surface area (Å²) in [4.78, 5) is 2.46. The maximum absolute atomic E-state index is 5.32. The Kier molecular flexibility index (Phi) is 2.41. The minimum Gasteiger partial charge on any atom is -0.365 e. The molecule has 0 radical (unpaired) electrons. The molecule has 2 aliphatic rings. The van der Waals surface area contributed by atoms with Crippen molar-refractivity contribution in [2.45, 2.75) is 18.9 Å². The van der Waals surface area contributed by atoms with Crippen LogP contribution in [0.3, 0.4) is 0 Å². The van der Waals surface area contributed by atoms with E-state index < -0.39 is 0 Å². The summed E-state index contributed by atoms with van der Waals surface area (Å²) in [5.74, 6) is 0. The van der Waals surface area contributed by atoms with Crippen molar-refractivity contribution >= 4 is 0 Å². The second kappa shape index (κ2) is 3.52. The Morgan fingerprint density at radius 3 is 2.73 bits per heavy atom. The van der Waals surface area contributed by atoms with E-state index in [1.807, 2.05) is 0 Å². The normalized spacial score (nSPS) is 29.5. The second-order valence-electron chi connectivity index (χ2n) is 3.33. The average molecular weight is 156 g/mol. The summed E-state index contributed by atoms with van der Waals surface area (Å²) in [5.41, 5.74) is 0. The summed E-state index contributed by atoms with van der Waals surface area (Å²) in [6.45, 7) is 5.31. The molecule has 2 saturated heterocycles. The molecule has 2 heterocycles. The van der Waals surface area contributed by atoms with Gasteiger partial charge in [0.05, 0.1) is 13.3 Å². The van der Waals surface area contributed by atoms with E-state index in [4.69, 9.17) is 4.74 Å². The van der Waals surface area contributed by atoms with E-state index >= 15 is 0 Å². The Morgan fingerprint density at radius 2 is 2.09 bits per heavy atom. The molecule has 0 bridgehead atoms. The van der Waals surface area contributed by atoms with Crippen molar-refractivity contribution in [1.29, 1.82) is 0 Å². The van der Waals surface area contributed by atoms with Crippen molar-refractivity contribution in [2.24, 2.45) is 0 Å². The van der Waals surface area contributed by atoms with E-state index in [-0.39, 0.29) is 0 Å². The quantitative estimate of drug-likeness (QED) is 0.579. The van der Waals surface area contributed by atoms with Gasteiger partial charge in [-0.1, -0.05) is 0 Å². The van der Waals surface area contributed by atoms with Crippen LogP contribution in [-0.2, 0) is 4.74 Å². The molecule has 3 nitrogen and oxygen atoms in total. The highest BCUT2D eigenvalue weighted by molar-refractivity contribution is 4.77. The van der Waals surface area contributed by atoms with Crippen LogP contribution in [0.15, 0.2) is 0 Å². The van der Waals surface area contributed by atoms with E-state index in [9.17, 15) is 0 Å². The van der Waals surface area contributed by atoms with Crippen LogP contribution in [0.25, 0.3) is 0 Å². The van der Waals surface area contributed by atoms with Gasteiger partial charge >= 0.3 is 0 Å². The van der Waals surface area contributed by atoms with Crippen LogP contribution in [-0.4, -0.2) is 43.9 Å². The van der Waals surface area contributed by atoms with Crippen LogP contribution in [0.2, 0.25) is 0 Å². The molecule has 2 fully saturated rings. The van der Waals surface area contributed by atoms with E-state index in [0.29, 0.717) is 0 Å². The first-order valence-corrected chi connectivity index (χ1v) is 4.49. The zero-order chi connectivity index (χ0) is 7.52. The van der Waals surface area contributed by atoms with Gasteiger partial charge in [-0.3, -0.25) is 4.90 Å². The lowest BCUT2D eigenvalue weighted by Crippen LogP contribution is -2.41. The van der Waals surface area contributed by atoms with Crippen molar-refractivity contribution in [1.82, 2.24) is 10.2 Å². The molecular weight excluding hydrogens is 140 g/mol. The summed E-state index contributed by atoms with van der Waals surface area (Å²) in [6.07, 6.45) is 2.59. The monoisotopic (exact) mass is 156 g/mol. The van der Waals surface area contributed by atoms with Gasteiger partial charge in [-0.05, 0) is 25.9 Å². The van der Waals surface area contributed by atoms with Gasteiger partial charge in [-0.25, -0.2) is 0 Å². The van der Waals surface area contributed by atoms with E-state index in [1.54, 1.807) is 0 Å². The summed E-state index contributed by atoms with van der Waals surface area (Å²) in [5, 5.41) is 3.37. The van der Waals surface area contributed by atoms with Crippen LogP contribution in [0.4, 0.5) is 0 Å². The maximum Gasteiger partial charge on any atom is 0.0994 e. The standard InChI is InChI=1S/C8H16N2O/c1-3-9-4-2-8(1)10-5-6-11-7-10/h8-9H,1-7H2. The van der Waals surface area contributed by atoms with Gasteiger partial charge < -0.3 is 10.1 Å². The summed E-state index contributed by atoms with van der Waals surface area (Å²) in [6, 6.07) is 0.791. The minimum atomic E-state index is 0.791. The highest BCUT2D eigenvalue weighted by Gasteiger charge is 2.23. The molecule has 0 atom stereocenters. The van der Waals surface area contributed by atoms with Crippen LogP contribution in [0, 0.1) is 0 Å². The Morgan fingerprint density at radius 1 is 1.27 bits per heavy atom. The molecule has 2 rings (SSSR count). The second-order valence-corrected chi connectivity index (χ2v) is 3.33. The fraction of sp³-hybridized carbons (Fsp3) is 1.00. The Bertz CT molecular complexity index is 117. The molecule has 2 aliphatic heterocycles. The van der Waals surface area contributed by atoms with Crippen LogP contribution < -0.4 is 5.32 Å². The average Bonchev–Trinajstić information content (AvgIpc) is 2.58. The summed E-state index contributed by atoms with van der Waals surface area (Å²) in [7, 11) is 0. The lowest BCUT2D eigenvalue weighted by Gasteiger charge is -2.29. The first kappa shape index (κ1) is 7.53. The number of nitrogens with one attached hydrogen (secondary N) is 1. The van der Waals surface area contributed by atoms with Crippen molar-refractivity contribution in [3.05, 3.63) is 0 Å². The third kappa shape index (κ3) is 1.72. The molecule has 1 N–H and O–H groups in total. The lowest BCUT2D eigenvalue weighted by molar-refractivity contribution is 0.102. The largest absolute Gasteiger partial charge is 0.365 e. The number of ether oxygens (including phenoxy) is 1. The molecule has 0 aromatic rings. The number of piperidine rings is 1. The molecule has 0 aromatic heterocycles. The molecule has 0 spiro atoms. The first-order valence-electron chi connectivity index (χ1n) is 4.49. The number of hydrogen-bond donors (Lipinski definition) is 1. The maximum atomic E-state index is 5.32. The fourth-order valence-corrected chi connectivity index (χ4v) is 1.89. The van der Waals surface area contributed by atoms with Crippen molar-refractivity contribution < 1.29 is 4.74 Å². The third-order valence-electron chi connectivity index (χ3n) is 2.61. The predicted octanol–water partition coefficient (Wildman–Crippen LogP) is 0.0281. The smallest absolute Gasteiger partial charge is 0.0994 e. The van der Waals surface area contributed by atoms with Crippen molar-refractivity contribution in [3.8, 4) is 0 Å². The van der Waals surface area contributed by atoms with Crippen LogP contribution in [0.5, 0.6) is 0 Å². The van der Waals surface area contributed by atoms with Gasteiger partial charge in [0.25, 0.3) is 0 Å². The SMILES string of the molecule is C1CC(N2CCOC2)CCN1. The fourth-order valence-electron chi connectivity index (χ4n) is 1.89. The number of rotatable bonds is 1. The zero-order valence-corrected chi connectivity index (χ0v) is 6.88. The lowest BCUT2D eigenvalue weighted by atomic mass is 10.1. The molecule has 64 valence electrons. The summed E-state index contributed by atoms with van der Waals surface area (Å²) >= 11 is 0. The molecule has 0 amide bonds. The van der Waals surface area contributed by atoms with E-state index in [0.717, 1.165) is 25.9 Å². The summed E-state index contributed by atoms with van der Waals surface area (Å²) < 4.78 is 5.32. The Hall–Kier alpha value is -0.120. The van der Waals surface area contributed by atoms with E-state index in [1.165, 1.54) is 25.9 Å². The molecule has 11 heavy (non-hydrogen) atoms. The molecule has 3 heteroatoms. The predicted molar refractivity (Wildman–Crippen MR) is 43.4 cm³/mol. The molecule has 0 aliphatic carbocycles. The highest BCUT2D eigenvalue weighted by atomic mass is 16.5. The van der Waals surface area contributed by atoms with Gasteiger partial charge in [-0.2, -0.15) is 0 Å².